The smallest absolute Gasteiger partial charge is 0.309 e. The van der Waals surface area contributed by atoms with Gasteiger partial charge < -0.3 is 9.47 Å². The molecule has 0 spiro atoms. The summed E-state index contributed by atoms with van der Waals surface area (Å²) in [5.74, 6) is -0.249. The van der Waals surface area contributed by atoms with Crippen molar-refractivity contribution >= 4 is 11.9 Å². The van der Waals surface area contributed by atoms with E-state index in [1.807, 2.05) is 6.08 Å². The summed E-state index contributed by atoms with van der Waals surface area (Å²) in [6, 6.07) is 0. The second-order valence-corrected chi connectivity index (χ2v) is 5.65. The van der Waals surface area contributed by atoms with Crippen LogP contribution in [-0.2, 0) is 19.1 Å². The Labute approximate surface area is 120 Å². The first-order chi connectivity index (χ1) is 9.77. The van der Waals surface area contributed by atoms with Crippen molar-refractivity contribution in [2.24, 2.45) is 11.8 Å². The second-order valence-electron chi connectivity index (χ2n) is 5.65. The molecule has 2 aliphatic carbocycles. The van der Waals surface area contributed by atoms with Gasteiger partial charge in [0.15, 0.2) is 0 Å². The monoisotopic (exact) mass is 280 g/mol. The van der Waals surface area contributed by atoms with Crippen LogP contribution in [0, 0.1) is 11.8 Å². The van der Waals surface area contributed by atoms with E-state index in [-0.39, 0.29) is 37.0 Å². The molecule has 0 N–H and O–H groups in total. The van der Waals surface area contributed by atoms with Crippen molar-refractivity contribution in [2.45, 2.75) is 51.4 Å². The van der Waals surface area contributed by atoms with E-state index >= 15 is 0 Å². The number of hydrogen-bond acceptors (Lipinski definition) is 4. The summed E-state index contributed by atoms with van der Waals surface area (Å²) in [7, 11) is 0. The third kappa shape index (κ3) is 4.66. The maximum atomic E-state index is 11.8. The molecule has 0 amide bonds. The molecule has 20 heavy (non-hydrogen) atoms. The van der Waals surface area contributed by atoms with Crippen LogP contribution in [0.2, 0.25) is 0 Å². The van der Waals surface area contributed by atoms with Gasteiger partial charge in [-0.3, -0.25) is 9.59 Å². The fraction of sp³-hybridized carbons (Fsp3) is 0.750. The average molecular weight is 280 g/mol. The summed E-state index contributed by atoms with van der Waals surface area (Å²) in [6.45, 7) is 0.362. The van der Waals surface area contributed by atoms with E-state index in [0.29, 0.717) is 0 Å². The number of allylic oxidation sites excluding steroid dienone is 2. The maximum absolute atomic E-state index is 11.8. The number of esters is 2. The highest BCUT2D eigenvalue weighted by Crippen LogP contribution is 2.24. The average Bonchev–Trinajstić information content (AvgIpc) is 2.53. The van der Waals surface area contributed by atoms with Crippen LogP contribution >= 0.6 is 0 Å². The van der Waals surface area contributed by atoms with Crippen molar-refractivity contribution in [1.29, 1.82) is 0 Å². The molecule has 0 saturated heterocycles. The van der Waals surface area contributed by atoms with Crippen LogP contribution in [0.15, 0.2) is 12.2 Å². The van der Waals surface area contributed by atoms with Crippen molar-refractivity contribution in [3.05, 3.63) is 12.2 Å². The van der Waals surface area contributed by atoms with Crippen molar-refractivity contribution in [1.82, 2.24) is 0 Å². The van der Waals surface area contributed by atoms with E-state index in [4.69, 9.17) is 9.47 Å². The molecule has 0 bridgehead atoms. The Morgan fingerprint density at radius 2 is 1.50 bits per heavy atom. The Bertz CT molecular complexity index is 355. The summed E-state index contributed by atoms with van der Waals surface area (Å²) in [4.78, 5) is 23.5. The molecule has 1 saturated carbocycles. The number of ether oxygens (including phenoxy) is 2. The molecular formula is C16H24O4. The summed E-state index contributed by atoms with van der Waals surface area (Å²) >= 11 is 0. The fourth-order valence-corrected chi connectivity index (χ4v) is 2.87. The zero-order chi connectivity index (χ0) is 14.2. The standard InChI is InChI=1S/C16H24O4/c17-15(13-7-3-1-4-8-13)19-11-12-20-16(18)14-9-5-2-6-10-14/h1,3,13-14H,2,4-12H2. The lowest BCUT2D eigenvalue weighted by Gasteiger charge is -2.20. The van der Waals surface area contributed by atoms with Crippen molar-refractivity contribution in [3.8, 4) is 0 Å². The highest BCUT2D eigenvalue weighted by Gasteiger charge is 2.23. The lowest BCUT2D eigenvalue weighted by molar-refractivity contribution is -0.158. The minimum Gasteiger partial charge on any atom is -0.462 e. The molecule has 4 nitrogen and oxygen atoms in total. The van der Waals surface area contributed by atoms with Crippen LogP contribution in [0.4, 0.5) is 0 Å². The van der Waals surface area contributed by atoms with Gasteiger partial charge in [0.05, 0.1) is 11.8 Å². The molecule has 1 fully saturated rings. The Balaban J connectivity index is 1.57. The molecule has 2 aliphatic rings. The van der Waals surface area contributed by atoms with Crippen LogP contribution in [-0.4, -0.2) is 25.2 Å². The Kier molecular flexibility index (Phi) is 6.09. The van der Waals surface area contributed by atoms with Gasteiger partial charge in [-0.05, 0) is 32.1 Å². The minimum absolute atomic E-state index is 0.0194. The van der Waals surface area contributed by atoms with Crippen LogP contribution < -0.4 is 0 Å². The molecule has 2 rings (SSSR count). The summed E-state index contributed by atoms with van der Waals surface area (Å²) in [6.07, 6.45) is 12.0. The predicted octanol–water partition coefficient (Wildman–Crippen LogP) is 3.01. The van der Waals surface area contributed by atoms with Crippen LogP contribution in [0.3, 0.4) is 0 Å². The third-order valence-corrected chi connectivity index (χ3v) is 4.11. The van der Waals surface area contributed by atoms with Crippen molar-refractivity contribution < 1.29 is 19.1 Å². The second kappa shape index (κ2) is 8.08. The number of hydrogen-bond donors (Lipinski definition) is 0. The Morgan fingerprint density at radius 3 is 2.10 bits per heavy atom. The van der Waals surface area contributed by atoms with Crippen molar-refractivity contribution in [3.63, 3.8) is 0 Å². The third-order valence-electron chi connectivity index (χ3n) is 4.11. The Morgan fingerprint density at radius 1 is 0.850 bits per heavy atom. The molecule has 0 radical (unpaired) electrons. The molecule has 0 heterocycles. The SMILES string of the molecule is O=C(OCCOC(=O)C1CCCCC1)C1CC=CCC1. The van der Waals surface area contributed by atoms with Gasteiger partial charge in [-0.25, -0.2) is 0 Å². The number of carbonyl (C=O) groups is 2. The summed E-state index contributed by atoms with van der Waals surface area (Å²) < 4.78 is 10.4. The van der Waals surface area contributed by atoms with E-state index in [1.165, 1.54) is 6.42 Å². The lowest BCUT2D eigenvalue weighted by atomic mass is 9.89. The molecule has 0 aliphatic heterocycles. The van der Waals surface area contributed by atoms with Gasteiger partial charge in [0.2, 0.25) is 0 Å². The van der Waals surface area contributed by atoms with Crippen LogP contribution in [0.5, 0.6) is 0 Å². The first kappa shape index (κ1) is 15.1. The molecule has 4 heteroatoms. The van der Waals surface area contributed by atoms with Gasteiger partial charge in [-0.1, -0.05) is 31.4 Å². The summed E-state index contributed by atoms with van der Waals surface area (Å²) in [5.41, 5.74) is 0. The first-order valence-corrected chi connectivity index (χ1v) is 7.75. The van der Waals surface area contributed by atoms with Gasteiger partial charge in [0.1, 0.15) is 13.2 Å². The Hall–Kier alpha value is -1.32. The number of rotatable bonds is 5. The normalized spacial score (nSPS) is 23.3. The predicted molar refractivity (Wildman–Crippen MR) is 75.0 cm³/mol. The van der Waals surface area contributed by atoms with Crippen molar-refractivity contribution in [2.75, 3.05) is 13.2 Å². The molecule has 112 valence electrons. The van der Waals surface area contributed by atoms with E-state index < -0.39 is 0 Å². The highest BCUT2D eigenvalue weighted by atomic mass is 16.6. The molecule has 0 aromatic rings. The number of carbonyl (C=O) groups excluding carboxylic acids is 2. The zero-order valence-corrected chi connectivity index (χ0v) is 12.0. The highest BCUT2D eigenvalue weighted by molar-refractivity contribution is 5.73. The van der Waals surface area contributed by atoms with Gasteiger partial charge in [-0.2, -0.15) is 0 Å². The van der Waals surface area contributed by atoms with E-state index in [2.05, 4.69) is 6.08 Å². The molecule has 1 unspecified atom stereocenters. The van der Waals surface area contributed by atoms with E-state index in [0.717, 1.165) is 44.9 Å². The zero-order valence-electron chi connectivity index (χ0n) is 12.0. The van der Waals surface area contributed by atoms with Gasteiger partial charge in [-0.15, -0.1) is 0 Å². The summed E-state index contributed by atoms with van der Waals surface area (Å²) in [5, 5.41) is 0. The minimum atomic E-state index is -0.164. The molecule has 0 aromatic heterocycles. The molecule has 1 atom stereocenters. The first-order valence-electron chi connectivity index (χ1n) is 7.75. The fourth-order valence-electron chi connectivity index (χ4n) is 2.87. The molecule has 0 aromatic carbocycles. The quantitative estimate of drug-likeness (QED) is 0.441. The van der Waals surface area contributed by atoms with Gasteiger partial charge in [0, 0.05) is 0 Å². The largest absolute Gasteiger partial charge is 0.462 e. The topological polar surface area (TPSA) is 52.6 Å². The van der Waals surface area contributed by atoms with Gasteiger partial charge in [0.25, 0.3) is 0 Å². The van der Waals surface area contributed by atoms with Crippen LogP contribution in [0.25, 0.3) is 0 Å². The van der Waals surface area contributed by atoms with E-state index in [9.17, 15) is 9.59 Å². The van der Waals surface area contributed by atoms with E-state index in [1.54, 1.807) is 0 Å². The van der Waals surface area contributed by atoms with Gasteiger partial charge >= 0.3 is 11.9 Å². The van der Waals surface area contributed by atoms with Crippen LogP contribution in [0.1, 0.15) is 51.4 Å². The maximum Gasteiger partial charge on any atom is 0.309 e. The molecular weight excluding hydrogens is 256 g/mol. The lowest BCUT2D eigenvalue weighted by Crippen LogP contribution is -2.24.